The topological polar surface area (TPSA) is 95.2 Å². The van der Waals surface area contributed by atoms with Gasteiger partial charge in [0.05, 0.1) is 0 Å². The van der Waals surface area contributed by atoms with Gasteiger partial charge in [-0.3, -0.25) is 0 Å². The summed E-state index contributed by atoms with van der Waals surface area (Å²) >= 11 is -3.88. The molecule has 0 aromatic carbocycles. The van der Waals surface area contributed by atoms with Gasteiger partial charge in [0.1, 0.15) is 0 Å². The van der Waals surface area contributed by atoms with Crippen molar-refractivity contribution in [3.05, 3.63) is 0 Å². The molecule has 0 heterocycles. The third-order valence-corrected chi connectivity index (χ3v) is 3.47. The van der Waals surface area contributed by atoms with E-state index in [0.29, 0.717) is 0 Å². The van der Waals surface area contributed by atoms with Gasteiger partial charge in [0.25, 0.3) is 0 Å². The van der Waals surface area contributed by atoms with Crippen LogP contribution in [0.3, 0.4) is 0 Å². The Morgan fingerprint density at radius 1 is 0.636 bits per heavy atom. The first-order valence-electron chi connectivity index (χ1n) is 1.53. The monoisotopic (exact) mass is 565 g/mol. The molecule has 0 aliphatic heterocycles. The minimum atomic E-state index is -3.88. The maximum absolute atomic E-state index is 8.14. The molecular weight excluding hydrogens is 565 g/mol. The molecule has 0 spiro atoms. The summed E-state index contributed by atoms with van der Waals surface area (Å²) in [4.78, 5) is 0. The van der Waals surface area contributed by atoms with Crippen LogP contribution in [0.25, 0.3) is 0 Å². The molecule has 11 heavy (non-hydrogen) atoms. The fourth-order valence-corrected chi connectivity index (χ4v) is 0.777. The van der Waals surface area contributed by atoms with Crippen molar-refractivity contribution in [1.29, 1.82) is 21.0 Å². The number of hydrogen-bond donors (Lipinski definition) is 0. The van der Waals surface area contributed by atoms with E-state index >= 15 is 0 Å². The van der Waals surface area contributed by atoms with Crippen molar-refractivity contribution >= 4 is 0 Å². The molecule has 0 aromatic heterocycles. The Balaban J connectivity index is -0.000000320. The number of hydrogen-bond acceptors (Lipinski definition) is 4. The molecule has 48 valence electrons. The Bertz CT molecular complexity index is 213. The average Bonchev–Trinajstić information content (AvgIpc) is 1.95. The van der Waals surface area contributed by atoms with E-state index < -0.39 is 16.1 Å². The van der Waals surface area contributed by atoms with E-state index in [2.05, 4.69) is 0 Å². The molecular formula is C4Cs2N4Pt. The second-order valence-corrected chi connectivity index (χ2v) is 6.20. The summed E-state index contributed by atoms with van der Waals surface area (Å²) < 4.78 is 5.85. The predicted molar refractivity (Wildman–Crippen MR) is 22.5 cm³/mol. The largest absolute Gasteiger partial charge is 1.00 e. The van der Waals surface area contributed by atoms with E-state index in [4.69, 9.17) is 21.0 Å². The predicted octanol–water partition coefficient (Wildman–Crippen LogP) is -5.93. The zero-order valence-electron chi connectivity index (χ0n) is 6.11. The number of nitriles is 4. The summed E-state index contributed by atoms with van der Waals surface area (Å²) in [5, 5.41) is 32.6. The van der Waals surface area contributed by atoms with Gasteiger partial charge < -0.3 is 0 Å². The summed E-state index contributed by atoms with van der Waals surface area (Å²) in [5.41, 5.74) is 0. The van der Waals surface area contributed by atoms with Gasteiger partial charge in [-0.1, -0.05) is 0 Å². The van der Waals surface area contributed by atoms with Gasteiger partial charge in [-0.15, -0.1) is 0 Å². The van der Waals surface area contributed by atoms with Gasteiger partial charge in [0, 0.05) is 0 Å². The minimum absolute atomic E-state index is 0. The molecule has 0 unspecified atom stereocenters. The van der Waals surface area contributed by atoms with E-state index in [0.717, 1.165) is 0 Å². The van der Waals surface area contributed by atoms with Crippen LogP contribution in [-0.2, 0) is 16.1 Å². The van der Waals surface area contributed by atoms with Crippen molar-refractivity contribution < 1.29 is 154 Å². The maximum atomic E-state index is 8.14. The van der Waals surface area contributed by atoms with E-state index in [1.807, 2.05) is 0 Å². The smallest absolute Gasteiger partial charge is 1.00 e. The molecule has 4 nitrogen and oxygen atoms in total. The summed E-state index contributed by atoms with van der Waals surface area (Å²) in [6, 6.07) is 0. The van der Waals surface area contributed by atoms with Crippen LogP contribution < -0.4 is 138 Å². The van der Waals surface area contributed by atoms with Crippen LogP contribution in [0, 0.1) is 38.9 Å². The fourth-order valence-electron chi connectivity index (χ4n) is 0.0949. The maximum Gasteiger partial charge on any atom is 1.00 e. The quantitative estimate of drug-likeness (QED) is 0.293. The number of nitrogens with zero attached hydrogens (tertiary/aromatic N) is 4. The summed E-state index contributed by atoms with van der Waals surface area (Å²) in [7, 11) is 0. The molecule has 0 amide bonds. The first-order chi connectivity index (χ1) is 4.24. The molecule has 0 bridgehead atoms. The van der Waals surface area contributed by atoms with Crippen molar-refractivity contribution in [2.45, 2.75) is 0 Å². The Kier molecular flexibility index (Phi) is 19.0. The molecule has 0 aliphatic carbocycles. The molecule has 0 rings (SSSR count). The molecule has 7 heteroatoms. The van der Waals surface area contributed by atoms with Crippen LogP contribution in [0.4, 0.5) is 0 Å². The Morgan fingerprint density at radius 2 is 0.818 bits per heavy atom. The van der Waals surface area contributed by atoms with Crippen LogP contribution in [0.15, 0.2) is 0 Å². The van der Waals surface area contributed by atoms with Crippen molar-refractivity contribution in [1.82, 2.24) is 0 Å². The van der Waals surface area contributed by atoms with Crippen LogP contribution in [0.5, 0.6) is 0 Å². The van der Waals surface area contributed by atoms with Gasteiger partial charge in [-0.05, 0) is 0 Å². The van der Waals surface area contributed by atoms with E-state index in [1.54, 1.807) is 0 Å². The fraction of sp³-hybridized carbons (Fsp3) is 0. The molecule has 0 aromatic rings. The molecule has 0 saturated heterocycles. The minimum Gasteiger partial charge on any atom is 1.00 e. The normalized spacial score (nSPS) is 7.64. The van der Waals surface area contributed by atoms with E-state index in [9.17, 15) is 0 Å². The van der Waals surface area contributed by atoms with E-state index in [1.165, 1.54) is 17.8 Å². The van der Waals surface area contributed by atoms with Crippen LogP contribution in [0.1, 0.15) is 0 Å². The van der Waals surface area contributed by atoms with Crippen molar-refractivity contribution in [3.8, 4) is 17.8 Å². The second-order valence-electron chi connectivity index (χ2n) is 0.757. The average molecular weight is 565 g/mol. The second kappa shape index (κ2) is 10.8. The van der Waals surface area contributed by atoms with Crippen LogP contribution in [0.2, 0.25) is 0 Å². The summed E-state index contributed by atoms with van der Waals surface area (Å²) in [6.45, 7) is 0. The van der Waals surface area contributed by atoms with Gasteiger partial charge in [0.2, 0.25) is 0 Å². The van der Waals surface area contributed by atoms with Gasteiger partial charge in [0.15, 0.2) is 0 Å². The zero-order valence-corrected chi connectivity index (χ0v) is 20.9. The van der Waals surface area contributed by atoms with Crippen LogP contribution >= 0.6 is 0 Å². The molecule has 0 fully saturated rings. The standard InChI is InChI=1S/4CN.2Cs.Pt/c4*1-2;;;/q;;;;2*+1;-2. The molecule has 0 N–H and O–H groups in total. The Morgan fingerprint density at radius 3 is 0.818 bits per heavy atom. The summed E-state index contributed by atoms with van der Waals surface area (Å²) in [6.07, 6.45) is 0. The Hall–Kier alpha value is 2.75. The summed E-state index contributed by atoms with van der Waals surface area (Å²) in [5.74, 6) is 0. The van der Waals surface area contributed by atoms with Gasteiger partial charge in [-0.2, -0.15) is 0 Å². The van der Waals surface area contributed by atoms with Crippen molar-refractivity contribution in [2.24, 2.45) is 0 Å². The van der Waals surface area contributed by atoms with E-state index in [-0.39, 0.29) is 138 Å². The van der Waals surface area contributed by atoms with Crippen molar-refractivity contribution in [2.75, 3.05) is 0 Å². The molecule has 0 atom stereocenters. The van der Waals surface area contributed by atoms with Crippen LogP contribution in [-0.4, -0.2) is 0 Å². The number of rotatable bonds is 0. The molecule has 0 radical (unpaired) electrons. The Labute approximate surface area is 186 Å². The zero-order chi connectivity index (χ0) is 7.33. The first-order valence-corrected chi connectivity index (χ1v) is 6.07. The van der Waals surface area contributed by atoms with Gasteiger partial charge >= 0.3 is 193 Å². The molecule has 0 saturated carbocycles. The van der Waals surface area contributed by atoms with Crippen molar-refractivity contribution in [3.63, 3.8) is 0 Å². The third kappa shape index (κ3) is 6.77. The third-order valence-electron chi connectivity index (χ3n) is 0.424. The van der Waals surface area contributed by atoms with Gasteiger partial charge in [-0.25, -0.2) is 0 Å². The SMILES string of the molecule is N#[C][Pt-2]([C]#N)([C]#N)[C]#N.[Cs+].[Cs+]. The first kappa shape index (κ1) is 19.3. The molecule has 0 aliphatic rings.